The lowest BCUT2D eigenvalue weighted by Crippen LogP contribution is -2.34. The summed E-state index contributed by atoms with van der Waals surface area (Å²) in [5, 5.41) is 6.17. The molecular weight excluding hydrogens is 354 g/mol. The minimum absolute atomic E-state index is 0.126. The van der Waals surface area contributed by atoms with Crippen LogP contribution in [0.4, 0.5) is 5.69 Å². The van der Waals surface area contributed by atoms with Crippen molar-refractivity contribution in [1.29, 1.82) is 0 Å². The maximum absolute atomic E-state index is 12.2. The first-order chi connectivity index (χ1) is 12.2. The number of hydrogen-bond donors (Lipinski definition) is 2. The van der Waals surface area contributed by atoms with Crippen LogP contribution in [0, 0.1) is 0 Å². The lowest BCUT2D eigenvalue weighted by atomic mass is 10.2. The summed E-state index contributed by atoms with van der Waals surface area (Å²) >= 11 is 3.00. The van der Waals surface area contributed by atoms with Crippen LogP contribution in [0.2, 0.25) is 0 Å². The number of benzene rings is 2. The van der Waals surface area contributed by atoms with Gasteiger partial charge in [0.25, 0.3) is 0 Å². The fourth-order valence-corrected chi connectivity index (χ4v) is 4.65. The molecule has 7 heteroatoms. The van der Waals surface area contributed by atoms with Crippen molar-refractivity contribution in [2.75, 3.05) is 5.32 Å². The van der Waals surface area contributed by atoms with Crippen molar-refractivity contribution >= 4 is 50.8 Å². The molecule has 25 heavy (non-hydrogen) atoms. The minimum Gasteiger partial charge on any atom is -0.350 e. The lowest BCUT2D eigenvalue weighted by molar-refractivity contribution is -0.124. The summed E-state index contributed by atoms with van der Waals surface area (Å²) in [6.45, 7) is 0.383. The zero-order valence-corrected chi connectivity index (χ0v) is 14.8. The minimum atomic E-state index is -0.412. The van der Waals surface area contributed by atoms with Gasteiger partial charge in [-0.25, -0.2) is 4.98 Å². The smallest absolute Gasteiger partial charge is 0.238 e. The molecular formula is C18H15N3O2S2. The highest BCUT2D eigenvalue weighted by atomic mass is 32.2. The molecule has 1 aromatic heterocycles. The van der Waals surface area contributed by atoms with Crippen molar-refractivity contribution in [2.45, 2.75) is 23.1 Å². The third-order valence-electron chi connectivity index (χ3n) is 3.85. The number of anilines is 1. The number of carbonyl (C=O) groups excluding carboxylic acids is 2. The van der Waals surface area contributed by atoms with Gasteiger partial charge in [0.2, 0.25) is 11.8 Å². The number of nitrogens with zero attached hydrogens (tertiary/aromatic N) is 1. The average molecular weight is 369 g/mol. The fourth-order valence-electron chi connectivity index (χ4n) is 2.64. The molecule has 1 atom stereocenters. The third-order valence-corrected chi connectivity index (χ3v) is 6.16. The number of para-hydroxylation sites is 2. The van der Waals surface area contributed by atoms with Gasteiger partial charge in [-0.3, -0.25) is 9.59 Å². The van der Waals surface area contributed by atoms with E-state index in [9.17, 15) is 9.59 Å². The quantitative estimate of drug-likeness (QED) is 0.739. The lowest BCUT2D eigenvalue weighted by Gasteiger charge is -2.23. The maximum Gasteiger partial charge on any atom is 0.238 e. The molecule has 0 radical (unpaired) electrons. The first-order valence-electron chi connectivity index (χ1n) is 7.87. The van der Waals surface area contributed by atoms with E-state index in [4.69, 9.17) is 0 Å². The number of hydrogen-bond acceptors (Lipinski definition) is 5. The van der Waals surface area contributed by atoms with Gasteiger partial charge in [-0.2, -0.15) is 0 Å². The molecule has 1 aliphatic rings. The molecule has 4 rings (SSSR count). The Morgan fingerprint density at radius 1 is 1.16 bits per heavy atom. The van der Waals surface area contributed by atoms with Crippen LogP contribution in [0.3, 0.4) is 0 Å². The summed E-state index contributed by atoms with van der Waals surface area (Å²) in [4.78, 5) is 29.9. The van der Waals surface area contributed by atoms with E-state index in [-0.39, 0.29) is 18.2 Å². The van der Waals surface area contributed by atoms with Crippen LogP contribution < -0.4 is 10.6 Å². The molecule has 0 saturated heterocycles. The van der Waals surface area contributed by atoms with Crippen molar-refractivity contribution < 1.29 is 9.59 Å². The van der Waals surface area contributed by atoms with Gasteiger partial charge in [-0.05, 0) is 24.3 Å². The second-order valence-electron chi connectivity index (χ2n) is 5.65. The predicted octanol–water partition coefficient (Wildman–Crippen LogP) is 3.42. The molecule has 1 unspecified atom stereocenters. The monoisotopic (exact) mass is 369 g/mol. The van der Waals surface area contributed by atoms with Crippen LogP contribution in [-0.2, 0) is 16.1 Å². The molecule has 2 heterocycles. The Hall–Kier alpha value is -2.38. The molecule has 2 aromatic carbocycles. The summed E-state index contributed by atoms with van der Waals surface area (Å²) in [6.07, 6.45) is 0.149. The largest absolute Gasteiger partial charge is 0.350 e. The van der Waals surface area contributed by atoms with Crippen molar-refractivity contribution in [3.63, 3.8) is 0 Å². The molecule has 0 spiro atoms. The van der Waals surface area contributed by atoms with Gasteiger partial charge >= 0.3 is 0 Å². The number of fused-ring (bicyclic) bond motifs is 2. The molecule has 0 aliphatic carbocycles. The Labute approximate surface area is 152 Å². The molecule has 2 amide bonds. The zero-order chi connectivity index (χ0) is 17.2. The number of nitrogens with one attached hydrogen (secondary N) is 2. The highest BCUT2D eigenvalue weighted by Crippen LogP contribution is 2.36. The molecule has 126 valence electrons. The van der Waals surface area contributed by atoms with E-state index in [0.29, 0.717) is 6.54 Å². The molecule has 0 bridgehead atoms. The molecule has 2 N–H and O–H groups in total. The number of amides is 2. The molecule has 3 aromatic rings. The first kappa shape index (κ1) is 16.1. The summed E-state index contributed by atoms with van der Waals surface area (Å²) in [7, 11) is 0. The van der Waals surface area contributed by atoms with Gasteiger partial charge < -0.3 is 10.6 Å². The van der Waals surface area contributed by atoms with Crippen molar-refractivity contribution in [2.24, 2.45) is 0 Å². The Morgan fingerprint density at radius 3 is 2.84 bits per heavy atom. The summed E-state index contributed by atoms with van der Waals surface area (Å²) in [6, 6.07) is 15.5. The van der Waals surface area contributed by atoms with Gasteiger partial charge in [-0.1, -0.05) is 24.3 Å². The van der Waals surface area contributed by atoms with Crippen molar-refractivity contribution in [3.05, 3.63) is 53.5 Å². The van der Waals surface area contributed by atoms with E-state index < -0.39 is 5.25 Å². The Balaban J connectivity index is 1.36. The van der Waals surface area contributed by atoms with Crippen LogP contribution >= 0.6 is 23.1 Å². The highest BCUT2D eigenvalue weighted by Gasteiger charge is 2.28. The van der Waals surface area contributed by atoms with E-state index in [0.717, 1.165) is 25.8 Å². The van der Waals surface area contributed by atoms with E-state index in [1.54, 1.807) is 11.3 Å². The second-order valence-corrected chi connectivity index (χ2v) is 8.01. The van der Waals surface area contributed by atoms with Crippen LogP contribution in [0.25, 0.3) is 10.2 Å². The number of aromatic nitrogens is 1. The Bertz CT molecular complexity index is 921. The van der Waals surface area contributed by atoms with Gasteiger partial charge in [-0.15, -0.1) is 23.1 Å². The fraction of sp³-hybridized carbons (Fsp3) is 0.167. The third kappa shape index (κ3) is 3.52. The first-order valence-corrected chi connectivity index (χ1v) is 9.56. The molecule has 1 aliphatic heterocycles. The normalized spacial score (nSPS) is 16.3. The van der Waals surface area contributed by atoms with Gasteiger partial charge in [0.05, 0.1) is 27.7 Å². The van der Waals surface area contributed by atoms with Crippen molar-refractivity contribution in [1.82, 2.24) is 10.3 Å². The zero-order valence-electron chi connectivity index (χ0n) is 13.2. The van der Waals surface area contributed by atoms with Gasteiger partial charge in [0.1, 0.15) is 5.01 Å². The van der Waals surface area contributed by atoms with E-state index >= 15 is 0 Å². The average Bonchev–Trinajstić information content (AvgIpc) is 3.03. The summed E-state index contributed by atoms with van der Waals surface area (Å²) < 4.78 is 1.10. The maximum atomic E-state index is 12.2. The SMILES string of the molecule is O=C(CC1Sc2ccccc2NC1=O)NCc1nc2ccccc2s1. The van der Waals surface area contributed by atoms with E-state index in [1.807, 2.05) is 48.5 Å². The number of thiazole rings is 1. The van der Waals surface area contributed by atoms with E-state index in [1.165, 1.54) is 11.8 Å². The second kappa shape index (κ2) is 6.85. The number of thioether (sulfide) groups is 1. The summed E-state index contributed by atoms with van der Waals surface area (Å²) in [5.74, 6) is -0.273. The van der Waals surface area contributed by atoms with E-state index in [2.05, 4.69) is 15.6 Å². The van der Waals surface area contributed by atoms with Crippen molar-refractivity contribution in [3.8, 4) is 0 Å². The molecule has 0 saturated carbocycles. The van der Waals surface area contributed by atoms with Crippen LogP contribution in [0.1, 0.15) is 11.4 Å². The van der Waals surface area contributed by atoms with Crippen LogP contribution in [0.5, 0.6) is 0 Å². The van der Waals surface area contributed by atoms with Gasteiger partial charge in [0.15, 0.2) is 0 Å². The summed E-state index contributed by atoms with van der Waals surface area (Å²) in [5.41, 5.74) is 1.75. The molecule has 5 nitrogen and oxygen atoms in total. The number of rotatable bonds is 4. The molecule has 0 fully saturated rings. The Kier molecular flexibility index (Phi) is 4.42. The topological polar surface area (TPSA) is 71.1 Å². The Morgan fingerprint density at radius 2 is 1.96 bits per heavy atom. The predicted molar refractivity (Wildman–Crippen MR) is 101 cm³/mol. The van der Waals surface area contributed by atoms with Crippen LogP contribution in [0.15, 0.2) is 53.4 Å². The standard InChI is InChI=1S/C18H15N3O2S2/c22-16(19-10-17-20-11-5-1-4-8-14(11)25-17)9-15-18(23)21-12-6-2-3-7-13(12)24-15/h1-8,15H,9-10H2,(H,19,22)(H,21,23). The highest BCUT2D eigenvalue weighted by molar-refractivity contribution is 8.01. The van der Waals surface area contributed by atoms with Crippen LogP contribution in [-0.4, -0.2) is 22.0 Å². The van der Waals surface area contributed by atoms with Gasteiger partial charge in [0, 0.05) is 11.3 Å². The number of carbonyl (C=O) groups is 2.